The molecule has 2 radical (unpaired) electrons. The van der Waals surface area contributed by atoms with Crippen LogP contribution < -0.4 is 14.9 Å². The number of rotatable bonds is 6. The molecule has 4 nitrogen and oxygen atoms in total. The van der Waals surface area contributed by atoms with Crippen molar-refractivity contribution in [1.82, 2.24) is 0 Å². The van der Waals surface area contributed by atoms with E-state index in [9.17, 15) is 4.79 Å². The Labute approximate surface area is 211 Å². The molecule has 0 saturated heterocycles. The van der Waals surface area contributed by atoms with Crippen molar-refractivity contribution in [2.24, 2.45) is 0 Å². The molecule has 2 aliphatic rings. The van der Waals surface area contributed by atoms with Crippen LogP contribution in [0.4, 0.5) is 0 Å². The molecule has 1 aliphatic carbocycles. The number of benzene rings is 3. The summed E-state index contributed by atoms with van der Waals surface area (Å²) in [7, 11) is 5.64. The average molecular weight is 472 g/mol. The molecule has 0 bridgehead atoms. The van der Waals surface area contributed by atoms with Crippen molar-refractivity contribution >= 4 is 18.8 Å². The topological polar surface area (TPSA) is 48.7 Å². The molecule has 1 aromatic heterocycles. The Morgan fingerprint density at radius 2 is 1.75 bits per heavy atom. The van der Waals surface area contributed by atoms with Crippen LogP contribution in [0.3, 0.4) is 0 Å². The molecule has 1 aliphatic heterocycles. The highest BCUT2D eigenvalue weighted by molar-refractivity contribution is 6.08. The average Bonchev–Trinajstić information content (AvgIpc) is 3.35. The highest BCUT2D eigenvalue weighted by atomic mass is 16.7. The summed E-state index contributed by atoms with van der Waals surface area (Å²) < 4.78 is 19.6. The quantitative estimate of drug-likeness (QED) is 0.287. The van der Waals surface area contributed by atoms with Gasteiger partial charge in [0.05, 0.1) is 13.2 Å². The lowest BCUT2D eigenvalue weighted by Gasteiger charge is -2.30. The maximum atomic E-state index is 13.1. The summed E-state index contributed by atoms with van der Waals surface area (Å²) in [5, 5.41) is 0.456. The minimum absolute atomic E-state index is 0.126. The number of ether oxygens (including phenoxy) is 2. The van der Waals surface area contributed by atoms with Gasteiger partial charge in [0.2, 0.25) is 5.75 Å². The first kappa shape index (κ1) is 22.5. The van der Waals surface area contributed by atoms with E-state index >= 15 is 0 Å². The smallest absolute Gasteiger partial charge is 0.305 e. The molecule has 5 heteroatoms. The Morgan fingerprint density at radius 3 is 2.50 bits per heavy atom. The van der Waals surface area contributed by atoms with Gasteiger partial charge in [-0.15, -0.1) is 0 Å². The molecule has 0 spiro atoms. The molecule has 0 amide bonds. The van der Waals surface area contributed by atoms with Crippen LogP contribution in [-0.4, -0.2) is 7.85 Å². The van der Waals surface area contributed by atoms with Crippen LogP contribution >= 0.6 is 0 Å². The molecule has 4 aromatic rings. The fourth-order valence-electron chi connectivity index (χ4n) is 4.87. The van der Waals surface area contributed by atoms with E-state index in [1.807, 2.05) is 54.6 Å². The van der Waals surface area contributed by atoms with E-state index in [2.05, 4.69) is 18.2 Å². The third-order valence-electron chi connectivity index (χ3n) is 6.75. The molecule has 3 aromatic carbocycles. The second-order valence-corrected chi connectivity index (χ2v) is 9.16. The van der Waals surface area contributed by atoms with E-state index in [0.717, 1.165) is 42.4 Å². The molecule has 176 valence electrons. The monoisotopic (exact) mass is 472 g/mol. The highest BCUT2D eigenvalue weighted by Crippen LogP contribution is 2.51. The second-order valence-electron chi connectivity index (χ2n) is 9.16. The van der Waals surface area contributed by atoms with E-state index in [4.69, 9.17) is 21.7 Å². The molecule has 0 N–H and O–H groups in total. The largest absolute Gasteiger partial charge is 0.452 e. The van der Waals surface area contributed by atoms with Crippen LogP contribution in [0.15, 0.2) is 106 Å². The first-order valence-electron chi connectivity index (χ1n) is 12.4. The van der Waals surface area contributed by atoms with Crippen LogP contribution in [0.1, 0.15) is 30.4 Å². The fraction of sp³-hybridized carbons (Fsp3) is 0.194. The normalized spacial score (nSPS) is 18.4. The number of hydrogen-bond acceptors (Lipinski definition) is 4. The van der Waals surface area contributed by atoms with Crippen molar-refractivity contribution in [3.63, 3.8) is 0 Å². The fourth-order valence-corrected chi connectivity index (χ4v) is 4.87. The lowest BCUT2D eigenvalue weighted by molar-refractivity contribution is -0.0468. The molecule has 36 heavy (non-hydrogen) atoms. The standard InChI is InChI=1S/C31H25BO4/c32-19-7-8-21-13-15-22(16-14-21)28-20-26(33)25-17-18-27-30(29(25)34-28)36-31(35-27,23-9-3-1-4-10-23)24-11-5-2-6-12-24/h1,3-5,9-18,20H,2,6-8,19H2. The Kier molecular flexibility index (Phi) is 5.76. The SMILES string of the molecule is [B]CCCc1ccc(-c2cc(=O)c3ccc4c(c3o2)OC(C2=CCCC=C2)(c2ccccc2)O4)cc1. The van der Waals surface area contributed by atoms with Gasteiger partial charge >= 0.3 is 5.79 Å². The van der Waals surface area contributed by atoms with Gasteiger partial charge < -0.3 is 13.9 Å². The van der Waals surface area contributed by atoms with Crippen LogP contribution in [0.25, 0.3) is 22.3 Å². The lowest BCUT2D eigenvalue weighted by atomic mass is 9.93. The molecule has 0 fully saturated rings. The van der Waals surface area contributed by atoms with Crippen LogP contribution in [0, 0.1) is 0 Å². The maximum absolute atomic E-state index is 13.1. The molecule has 2 heterocycles. The molecule has 1 unspecified atom stereocenters. The molecule has 0 saturated carbocycles. The molecular weight excluding hydrogens is 447 g/mol. The first-order chi connectivity index (χ1) is 17.7. The van der Waals surface area contributed by atoms with E-state index in [0.29, 0.717) is 34.5 Å². The minimum Gasteiger partial charge on any atom is -0.452 e. The van der Waals surface area contributed by atoms with Gasteiger partial charge in [0.25, 0.3) is 0 Å². The van der Waals surface area contributed by atoms with E-state index in [1.165, 1.54) is 11.6 Å². The minimum atomic E-state index is -1.14. The highest BCUT2D eigenvalue weighted by Gasteiger charge is 2.47. The summed E-state index contributed by atoms with van der Waals surface area (Å²) in [6, 6.07) is 23.0. The van der Waals surface area contributed by atoms with Crippen LogP contribution in [0.5, 0.6) is 11.5 Å². The Morgan fingerprint density at radius 1 is 0.917 bits per heavy atom. The summed E-state index contributed by atoms with van der Waals surface area (Å²) in [5.74, 6) is 0.329. The van der Waals surface area contributed by atoms with Crippen LogP contribution in [-0.2, 0) is 12.2 Å². The lowest BCUT2D eigenvalue weighted by Crippen LogP contribution is -2.37. The second kappa shape index (κ2) is 9.23. The zero-order valence-electron chi connectivity index (χ0n) is 19.9. The van der Waals surface area contributed by atoms with Gasteiger partial charge in [0, 0.05) is 22.8 Å². The van der Waals surface area contributed by atoms with Crippen molar-refractivity contribution in [2.75, 3.05) is 0 Å². The summed E-state index contributed by atoms with van der Waals surface area (Å²) in [6.45, 7) is 0. The van der Waals surface area contributed by atoms with Crippen molar-refractivity contribution in [3.05, 3.63) is 118 Å². The first-order valence-corrected chi connectivity index (χ1v) is 12.4. The van der Waals surface area contributed by atoms with Crippen molar-refractivity contribution < 1.29 is 13.9 Å². The summed E-state index contributed by atoms with van der Waals surface area (Å²) in [6.07, 6.45) is 10.7. The summed E-state index contributed by atoms with van der Waals surface area (Å²) in [4.78, 5) is 13.1. The predicted octanol–water partition coefficient (Wildman–Crippen LogP) is 6.88. The van der Waals surface area contributed by atoms with Crippen molar-refractivity contribution in [3.8, 4) is 22.8 Å². The summed E-state index contributed by atoms with van der Waals surface area (Å²) in [5.41, 5.74) is 4.09. The van der Waals surface area contributed by atoms with Gasteiger partial charge in [-0.1, -0.05) is 85.6 Å². The Hall–Kier alpha value is -3.99. The summed E-state index contributed by atoms with van der Waals surface area (Å²) >= 11 is 0. The number of aryl methyl sites for hydroxylation is 1. The van der Waals surface area contributed by atoms with Gasteiger partial charge in [-0.25, -0.2) is 0 Å². The number of allylic oxidation sites excluding steroid dienone is 2. The third-order valence-corrected chi connectivity index (χ3v) is 6.75. The van der Waals surface area contributed by atoms with Crippen LogP contribution in [0.2, 0.25) is 6.32 Å². The molecular formula is C31H25BO4. The van der Waals surface area contributed by atoms with Crippen molar-refractivity contribution in [1.29, 1.82) is 0 Å². The van der Waals surface area contributed by atoms with Gasteiger partial charge in [0.1, 0.15) is 5.76 Å². The zero-order valence-corrected chi connectivity index (χ0v) is 19.9. The number of fused-ring (bicyclic) bond motifs is 3. The maximum Gasteiger partial charge on any atom is 0.305 e. The Bertz CT molecular complexity index is 1530. The van der Waals surface area contributed by atoms with E-state index < -0.39 is 5.79 Å². The zero-order chi connectivity index (χ0) is 24.5. The van der Waals surface area contributed by atoms with Gasteiger partial charge in [-0.2, -0.15) is 0 Å². The van der Waals surface area contributed by atoms with E-state index in [1.54, 1.807) is 12.1 Å². The molecule has 1 atom stereocenters. The third kappa shape index (κ3) is 3.85. The predicted molar refractivity (Wildman–Crippen MR) is 143 cm³/mol. The van der Waals surface area contributed by atoms with Gasteiger partial charge in [-0.3, -0.25) is 4.79 Å². The van der Waals surface area contributed by atoms with E-state index in [-0.39, 0.29) is 5.43 Å². The van der Waals surface area contributed by atoms with Gasteiger partial charge in [-0.05, 0) is 37.0 Å². The number of hydrogen-bond donors (Lipinski definition) is 0. The van der Waals surface area contributed by atoms with Crippen molar-refractivity contribution in [2.45, 2.75) is 37.8 Å². The Balaban J connectivity index is 1.46. The molecule has 6 rings (SSSR count). The van der Waals surface area contributed by atoms with Gasteiger partial charge in [0.15, 0.2) is 16.8 Å².